The van der Waals surface area contributed by atoms with Crippen molar-refractivity contribution in [1.82, 2.24) is 9.46 Å². The van der Waals surface area contributed by atoms with Gasteiger partial charge in [-0.05, 0) is 68.7 Å². The van der Waals surface area contributed by atoms with Crippen molar-refractivity contribution < 1.29 is 22.1 Å². The van der Waals surface area contributed by atoms with E-state index in [1.165, 1.54) is 34.6 Å². The van der Waals surface area contributed by atoms with E-state index in [9.17, 15) is 17.6 Å². The average Bonchev–Trinajstić information content (AvgIpc) is 3.17. The molecule has 4 rings (SSSR count). The van der Waals surface area contributed by atoms with E-state index in [1.54, 1.807) is 26.0 Å². The molecule has 1 saturated heterocycles. The summed E-state index contributed by atoms with van der Waals surface area (Å²) in [4.78, 5) is 13.3. The summed E-state index contributed by atoms with van der Waals surface area (Å²) in [6, 6.07) is 10.3. The van der Waals surface area contributed by atoms with E-state index in [2.05, 4.69) is 10.5 Å². The predicted octanol–water partition coefficient (Wildman–Crippen LogP) is 4.52. The molecule has 1 aliphatic heterocycles. The van der Waals surface area contributed by atoms with Crippen LogP contribution < -0.4 is 5.32 Å². The third-order valence-electron chi connectivity index (χ3n) is 5.62. The van der Waals surface area contributed by atoms with Crippen molar-refractivity contribution in [3.63, 3.8) is 0 Å². The Kier molecular flexibility index (Phi) is 6.12. The fraction of sp³-hybridized carbons (Fsp3) is 0.304. The first kappa shape index (κ1) is 22.2. The average molecular weight is 458 g/mol. The normalized spacial score (nSPS) is 15.0. The lowest BCUT2D eigenvalue weighted by atomic mass is 10.1. The van der Waals surface area contributed by atoms with Gasteiger partial charge >= 0.3 is 0 Å². The van der Waals surface area contributed by atoms with E-state index in [0.29, 0.717) is 35.7 Å². The number of halogens is 1. The molecule has 0 aliphatic carbocycles. The smallest absolute Gasteiger partial charge is 0.261 e. The Morgan fingerprint density at radius 3 is 2.44 bits per heavy atom. The van der Waals surface area contributed by atoms with Gasteiger partial charge in [0, 0.05) is 24.3 Å². The predicted molar refractivity (Wildman–Crippen MR) is 118 cm³/mol. The second kappa shape index (κ2) is 8.84. The highest BCUT2D eigenvalue weighted by molar-refractivity contribution is 7.89. The molecule has 0 spiro atoms. The van der Waals surface area contributed by atoms with Gasteiger partial charge in [0.15, 0.2) is 0 Å². The van der Waals surface area contributed by atoms with Crippen molar-refractivity contribution in [3.05, 3.63) is 65.2 Å². The van der Waals surface area contributed by atoms with Crippen molar-refractivity contribution in [1.29, 1.82) is 0 Å². The lowest BCUT2D eigenvalue weighted by Crippen LogP contribution is -2.35. The van der Waals surface area contributed by atoms with Gasteiger partial charge in [-0.1, -0.05) is 17.6 Å². The van der Waals surface area contributed by atoms with E-state index in [4.69, 9.17) is 4.52 Å². The maximum atomic E-state index is 13.3. The minimum absolute atomic E-state index is 0.140. The van der Waals surface area contributed by atoms with E-state index in [1.807, 2.05) is 0 Å². The van der Waals surface area contributed by atoms with Crippen LogP contribution in [0.25, 0.3) is 11.3 Å². The zero-order valence-corrected chi connectivity index (χ0v) is 18.7. The number of rotatable bonds is 5. The van der Waals surface area contributed by atoms with Gasteiger partial charge in [0.25, 0.3) is 5.91 Å². The molecular weight excluding hydrogens is 433 g/mol. The number of carbonyl (C=O) groups is 1. The number of aromatic nitrogens is 1. The molecule has 168 valence electrons. The van der Waals surface area contributed by atoms with Crippen LogP contribution >= 0.6 is 0 Å². The Morgan fingerprint density at radius 2 is 1.75 bits per heavy atom. The first-order valence-electron chi connectivity index (χ1n) is 10.4. The molecule has 3 aromatic rings. The molecule has 0 radical (unpaired) electrons. The Labute approximate surface area is 186 Å². The Hall–Kier alpha value is -3.04. The van der Waals surface area contributed by atoms with Crippen LogP contribution in [-0.2, 0) is 10.0 Å². The van der Waals surface area contributed by atoms with Gasteiger partial charge in [-0.2, -0.15) is 4.31 Å². The summed E-state index contributed by atoms with van der Waals surface area (Å²) < 4.78 is 46.1. The summed E-state index contributed by atoms with van der Waals surface area (Å²) in [5.74, 6) is -0.586. The van der Waals surface area contributed by atoms with Crippen molar-refractivity contribution in [3.8, 4) is 11.3 Å². The molecule has 1 aromatic heterocycles. The molecule has 32 heavy (non-hydrogen) atoms. The van der Waals surface area contributed by atoms with Gasteiger partial charge in [-0.15, -0.1) is 0 Å². The topological polar surface area (TPSA) is 92.5 Å². The van der Waals surface area contributed by atoms with Crippen LogP contribution in [0.2, 0.25) is 0 Å². The fourth-order valence-electron chi connectivity index (χ4n) is 3.78. The van der Waals surface area contributed by atoms with Gasteiger partial charge in [0.05, 0.1) is 4.90 Å². The number of benzene rings is 2. The minimum atomic E-state index is -3.64. The van der Waals surface area contributed by atoms with Crippen molar-refractivity contribution >= 4 is 21.6 Å². The van der Waals surface area contributed by atoms with Crippen LogP contribution in [0.4, 0.5) is 10.1 Å². The summed E-state index contributed by atoms with van der Waals surface area (Å²) >= 11 is 0. The molecule has 0 atom stereocenters. The quantitative estimate of drug-likeness (QED) is 0.608. The summed E-state index contributed by atoms with van der Waals surface area (Å²) in [5.41, 5.74) is 2.13. The second-order valence-electron chi connectivity index (χ2n) is 7.86. The van der Waals surface area contributed by atoms with E-state index < -0.39 is 21.7 Å². The number of piperidine rings is 1. The summed E-state index contributed by atoms with van der Waals surface area (Å²) in [6.07, 6.45) is 2.71. The van der Waals surface area contributed by atoms with Crippen molar-refractivity contribution in [2.75, 3.05) is 18.4 Å². The minimum Gasteiger partial charge on any atom is -0.360 e. The van der Waals surface area contributed by atoms with Gasteiger partial charge in [0.1, 0.15) is 22.8 Å². The number of hydrogen-bond acceptors (Lipinski definition) is 5. The Morgan fingerprint density at radius 1 is 1.06 bits per heavy atom. The molecule has 0 unspecified atom stereocenters. The molecule has 0 saturated carbocycles. The van der Waals surface area contributed by atoms with Crippen LogP contribution in [0.5, 0.6) is 0 Å². The summed E-state index contributed by atoms with van der Waals surface area (Å²) in [5, 5.41) is 6.75. The highest BCUT2D eigenvalue weighted by atomic mass is 32.2. The van der Waals surface area contributed by atoms with Crippen LogP contribution in [0, 0.1) is 19.7 Å². The fourth-order valence-corrected chi connectivity index (χ4v) is 5.32. The molecule has 0 bridgehead atoms. The number of nitrogens with zero attached hydrogens (tertiary/aromatic N) is 2. The van der Waals surface area contributed by atoms with Gasteiger partial charge < -0.3 is 9.84 Å². The summed E-state index contributed by atoms with van der Waals surface area (Å²) in [7, 11) is -3.64. The largest absolute Gasteiger partial charge is 0.360 e. The highest BCUT2D eigenvalue weighted by Gasteiger charge is 2.27. The summed E-state index contributed by atoms with van der Waals surface area (Å²) in [6.45, 7) is 4.39. The van der Waals surface area contributed by atoms with E-state index >= 15 is 0 Å². The number of anilines is 1. The SMILES string of the molecule is Cc1ccc(S(=O)(=O)N2CCCCC2)cc1NC(=O)c1c(-c2ccc(F)cc2)noc1C. The third kappa shape index (κ3) is 4.31. The molecule has 1 fully saturated rings. The maximum absolute atomic E-state index is 13.3. The van der Waals surface area contributed by atoms with Gasteiger partial charge in [0.2, 0.25) is 10.0 Å². The Balaban J connectivity index is 1.64. The Bertz CT molecular complexity index is 1250. The van der Waals surface area contributed by atoms with Crippen LogP contribution in [0.1, 0.15) is 40.9 Å². The number of sulfonamides is 1. The zero-order chi connectivity index (χ0) is 22.9. The van der Waals surface area contributed by atoms with Gasteiger partial charge in [-0.25, -0.2) is 12.8 Å². The standard InChI is InChI=1S/C23H24FN3O4S/c1-15-6-11-19(32(29,30)27-12-4-3-5-13-27)14-20(15)25-23(28)21-16(2)31-26-22(21)17-7-9-18(24)10-8-17/h6-11,14H,3-5,12-13H2,1-2H3,(H,25,28). The van der Waals surface area contributed by atoms with Crippen LogP contribution in [0.15, 0.2) is 51.9 Å². The number of amides is 1. The molecule has 1 amide bonds. The van der Waals surface area contributed by atoms with Crippen LogP contribution in [0.3, 0.4) is 0 Å². The van der Waals surface area contributed by atoms with Crippen molar-refractivity contribution in [2.24, 2.45) is 0 Å². The van der Waals surface area contributed by atoms with E-state index in [-0.39, 0.29) is 16.2 Å². The molecule has 2 heterocycles. The molecule has 1 aliphatic rings. The lowest BCUT2D eigenvalue weighted by Gasteiger charge is -2.26. The highest BCUT2D eigenvalue weighted by Crippen LogP contribution is 2.29. The molecule has 9 heteroatoms. The maximum Gasteiger partial charge on any atom is 0.261 e. The number of hydrogen-bond donors (Lipinski definition) is 1. The van der Waals surface area contributed by atoms with Gasteiger partial charge in [-0.3, -0.25) is 4.79 Å². The van der Waals surface area contributed by atoms with Crippen LogP contribution in [-0.4, -0.2) is 36.9 Å². The first-order chi connectivity index (χ1) is 15.3. The van der Waals surface area contributed by atoms with E-state index in [0.717, 1.165) is 19.3 Å². The third-order valence-corrected chi connectivity index (χ3v) is 7.51. The zero-order valence-electron chi connectivity index (χ0n) is 17.9. The number of nitrogens with one attached hydrogen (secondary N) is 1. The molecule has 1 N–H and O–H groups in total. The van der Waals surface area contributed by atoms with Crippen molar-refractivity contribution in [2.45, 2.75) is 38.0 Å². The number of carbonyl (C=O) groups excluding carboxylic acids is 1. The molecule has 7 nitrogen and oxygen atoms in total. The lowest BCUT2D eigenvalue weighted by molar-refractivity contribution is 0.102. The number of aryl methyl sites for hydroxylation is 2. The molecule has 2 aromatic carbocycles. The second-order valence-corrected chi connectivity index (χ2v) is 9.80. The first-order valence-corrected chi connectivity index (χ1v) is 11.9. The monoisotopic (exact) mass is 457 g/mol. The molecular formula is C23H24FN3O4S.